The molecule has 2 aromatic carbocycles. The van der Waals surface area contributed by atoms with E-state index in [1.165, 1.54) is 6.08 Å². The summed E-state index contributed by atoms with van der Waals surface area (Å²) < 4.78 is 28.2. The van der Waals surface area contributed by atoms with Gasteiger partial charge in [0.15, 0.2) is 5.78 Å². The van der Waals surface area contributed by atoms with Gasteiger partial charge in [-0.25, -0.2) is 0 Å². The van der Waals surface area contributed by atoms with Crippen molar-refractivity contribution in [3.8, 4) is 17.2 Å². The predicted octanol–water partition coefficient (Wildman–Crippen LogP) is 8.04. The topological polar surface area (TPSA) is 97.4 Å². The molecule has 2 aromatic rings. The highest BCUT2D eigenvalue weighted by molar-refractivity contribution is 6.07. The average molecular weight is 611 g/mol. The summed E-state index contributed by atoms with van der Waals surface area (Å²) in [7, 11) is 1.58. The van der Waals surface area contributed by atoms with Crippen LogP contribution in [0.15, 0.2) is 36.4 Å². The van der Waals surface area contributed by atoms with Crippen molar-refractivity contribution in [1.82, 2.24) is 0 Å². The van der Waals surface area contributed by atoms with Crippen molar-refractivity contribution in [2.45, 2.75) is 93.9 Å². The molecule has 8 nitrogen and oxygen atoms in total. The molecular formula is C36H50O8. The van der Waals surface area contributed by atoms with Gasteiger partial charge >= 0.3 is 11.9 Å². The molecule has 8 heteroatoms. The average Bonchev–Trinajstić information content (AvgIpc) is 2.89. The third-order valence-electron chi connectivity index (χ3n) is 6.61. The third kappa shape index (κ3) is 9.86. The molecule has 0 heterocycles. The Balaban J connectivity index is 2.40. The van der Waals surface area contributed by atoms with Crippen LogP contribution in [0.5, 0.6) is 17.2 Å². The fourth-order valence-corrected chi connectivity index (χ4v) is 4.10. The number of ether oxygens (including phenoxy) is 5. The van der Waals surface area contributed by atoms with Gasteiger partial charge in [-0.05, 0) is 94.9 Å². The summed E-state index contributed by atoms with van der Waals surface area (Å²) in [6, 6.07) is 8.57. The van der Waals surface area contributed by atoms with E-state index in [1.807, 2.05) is 6.07 Å². The summed E-state index contributed by atoms with van der Waals surface area (Å²) in [5, 5.41) is 0. The van der Waals surface area contributed by atoms with Gasteiger partial charge in [-0.2, -0.15) is 0 Å². The minimum Gasteiger partial charge on any atom is -0.496 e. The van der Waals surface area contributed by atoms with Gasteiger partial charge in [0.2, 0.25) is 13.6 Å². The van der Waals surface area contributed by atoms with Crippen molar-refractivity contribution in [3.63, 3.8) is 0 Å². The normalized spacial score (nSPS) is 12.6. The number of hydrogen-bond acceptors (Lipinski definition) is 8. The number of rotatable bonds is 10. The molecule has 0 aliphatic carbocycles. The molecule has 0 fully saturated rings. The first-order valence-electron chi connectivity index (χ1n) is 14.8. The van der Waals surface area contributed by atoms with E-state index in [1.54, 1.807) is 79.0 Å². The molecule has 242 valence electrons. The monoisotopic (exact) mass is 610 g/mol. The number of benzene rings is 2. The molecular weight excluding hydrogens is 560 g/mol. The molecule has 0 aliphatic rings. The van der Waals surface area contributed by atoms with E-state index in [4.69, 9.17) is 23.7 Å². The van der Waals surface area contributed by atoms with E-state index < -0.39 is 16.2 Å². The van der Waals surface area contributed by atoms with Crippen molar-refractivity contribution in [2.75, 3.05) is 20.7 Å². The molecule has 0 unspecified atom stereocenters. The molecule has 2 rings (SSSR count). The van der Waals surface area contributed by atoms with Crippen LogP contribution in [0.4, 0.5) is 0 Å². The summed E-state index contributed by atoms with van der Waals surface area (Å²) in [4.78, 5) is 37.5. The van der Waals surface area contributed by atoms with Gasteiger partial charge in [-0.15, -0.1) is 0 Å². The zero-order chi connectivity index (χ0) is 33.7. The zero-order valence-electron chi connectivity index (χ0n) is 28.7. The van der Waals surface area contributed by atoms with Crippen molar-refractivity contribution < 1.29 is 38.1 Å². The van der Waals surface area contributed by atoms with Gasteiger partial charge in [-0.1, -0.05) is 41.5 Å². The van der Waals surface area contributed by atoms with E-state index in [0.29, 0.717) is 22.8 Å². The largest absolute Gasteiger partial charge is 0.496 e. The van der Waals surface area contributed by atoms with E-state index >= 15 is 0 Å². The van der Waals surface area contributed by atoms with Crippen LogP contribution < -0.4 is 14.2 Å². The lowest BCUT2D eigenvalue weighted by molar-refractivity contribution is -0.160. The highest BCUT2D eigenvalue weighted by atomic mass is 16.7. The van der Waals surface area contributed by atoms with Crippen LogP contribution in [-0.2, 0) is 29.9 Å². The molecule has 0 radical (unpaired) electrons. The second kappa shape index (κ2) is 13.9. The number of allylic oxidation sites excluding steroid dienone is 1. The SMILES string of the molecule is COc1c(/C=C/C(=O)c2ccc(OCOC(=O)C(C)(C)C)cc2)cc(C(C)(C)C)c(OCOC(=O)C(C)(C)C)c1C(C)(C)C. The van der Waals surface area contributed by atoms with E-state index in [9.17, 15) is 14.4 Å². The number of carbonyl (C=O) groups is 3. The molecule has 0 saturated heterocycles. The number of ketones is 1. The van der Waals surface area contributed by atoms with Gasteiger partial charge in [0.1, 0.15) is 17.2 Å². The Morgan fingerprint density at radius 2 is 1.18 bits per heavy atom. The predicted molar refractivity (Wildman–Crippen MR) is 172 cm³/mol. The van der Waals surface area contributed by atoms with Crippen molar-refractivity contribution in [2.24, 2.45) is 10.8 Å². The lowest BCUT2D eigenvalue weighted by Gasteiger charge is -2.32. The van der Waals surface area contributed by atoms with Gasteiger partial charge in [0.25, 0.3) is 0 Å². The Morgan fingerprint density at radius 1 is 0.682 bits per heavy atom. The Hall–Kier alpha value is -3.81. The smallest absolute Gasteiger partial charge is 0.314 e. The Morgan fingerprint density at radius 3 is 1.61 bits per heavy atom. The minimum atomic E-state index is -0.657. The third-order valence-corrected chi connectivity index (χ3v) is 6.61. The van der Waals surface area contributed by atoms with E-state index in [0.717, 1.165) is 16.7 Å². The molecule has 0 saturated carbocycles. The first kappa shape index (κ1) is 36.4. The number of methoxy groups -OCH3 is 1. The molecule has 0 atom stereocenters. The second-order valence-corrected chi connectivity index (χ2v) is 14.9. The fourth-order valence-electron chi connectivity index (χ4n) is 4.10. The summed E-state index contributed by atoms with van der Waals surface area (Å²) in [6.45, 7) is 22.6. The first-order valence-corrected chi connectivity index (χ1v) is 14.8. The highest BCUT2D eigenvalue weighted by Crippen LogP contribution is 2.47. The Bertz CT molecular complexity index is 1360. The van der Waals surface area contributed by atoms with Crippen LogP contribution in [0.2, 0.25) is 0 Å². The maximum absolute atomic E-state index is 13.1. The molecule has 0 aromatic heterocycles. The number of carbonyl (C=O) groups excluding carboxylic acids is 3. The van der Waals surface area contributed by atoms with E-state index in [-0.39, 0.29) is 36.7 Å². The number of esters is 2. The van der Waals surface area contributed by atoms with Crippen LogP contribution in [-0.4, -0.2) is 38.4 Å². The molecule has 0 amide bonds. The van der Waals surface area contributed by atoms with Gasteiger partial charge < -0.3 is 23.7 Å². The van der Waals surface area contributed by atoms with Crippen molar-refractivity contribution >= 4 is 23.8 Å². The zero-order valence-corrected chi connectivity index (χ0v) is 28.7. The summed E-state index contributed by atoms with van der Waals surface area (Å²) in [5.41, 5.74) is 0.831. The maximum Gasteiger partial charge on any atom is 0.314 e. The Labute approximate surface area is 263 Å². The maximum atomic E-state index is 13.1. The van der Waals surface area contributed by atoms with Crippen LogP contribution in [0, 0.1) is 10.8 Å². The van der Waals surface area contributed by atoms with Crippen molar-refractivity contribution in [1.29, 1.82) is 0 Å². The van der Waals surface area contributed by atoms with Crippen LogP contribution in [0.1, 0.15) is 110 Å². The quantitative estimate of drug-likeness (QED) is 0.115. The summed E-state index contributed by atoms with van der Waals surface area (Å²) in [5.74, 6) is 0.707. The van der Waals surface area contributed by atoms with E-state index in [2.05, 4.69) is 41.5 Å². The lowest BCUT2D eigenvalue weighted by atomic mass is 9.77. The molecule has 0 bridgehead atoms. The van der Waals surface area contributed by atoms with Crippen LogP contribution >= 0.6 is 0 Å². The lowest BCUT2D eigenvalue weighted by Crippen LogP contribution is -2.26. The highest BCUT2D eigenvalue weighted by Gasteiger charge is 2.33. The van der Waals surface area contributed by atoms with Crippen LogP contribution in [0.3, 0.4) is 0 Å². The molecule has 0 spiro atoms. The molecule has 0 aliphatic heterocycles. The van der Waals surface area contributed by atoms with Crippen LogP contribution in [0.25, 0.3) is 6.08 Å². The first-order chi connectivity index (χ1) is 20.1. The molecule has 0 N–H and O–H groups in total. The van der Waals surface area contributed by atoms with Crippen molar-refractivity contribution in [3.05, 3.63) is 58.7 Å². The Kier molecular flexibility index (Phi) is 11.5. The van der Waals surface area contributed by atoms with Gasteiger partial charge in [0, 0.05) is 22.3 Å². The summed E-state index contributed by atoms with van der Waals surface area (Å²) >= 11 is 0. The standard InChI is InChI=1S/C36H50O8/c1-33(2,3)26-20-24(29(40-13)28(34(4,5)6)30(26)42-22-44-32(39)36(10,11)12)16-19-27(37)23-14-17-25(18-15-23)41-21-43-31(38)35(7,8)9/h14-20H,21-22H2,1-13H3/b19-16+. The number of hydrogen-bond donors (Lipinski definition) is 0. The fraction of sp³-hybridized carbons (Fsp3) is 0.528. The second-order valence-electron chi connectivity index (χ2n) is 14.9. The summed E-state index contributed by atoms with van der Waals surface area (Å²) in [6.07, 6.45) is 3.24. The molecule has 44 heavy (non-hydrogen) atoms. The van der Waals surface area contributed by atoms with Gasteiger partial charge in [0.05, 0.1) is 17.9 Å². The minimum absolute atomic E-state index is 0.207. The van der Waals surface area contributed by atoms with Gasteiger partial charge in [-0.3, -0.25) is 14.4 Å².